The van der Waals surface area contributed by atoms with Gasteiger partial charge >= 0.3 is 18.1 Å². The molecule has 0 aliphatic carbocycles. The van der Waals surface area contributed by atoms with E-state index < -0.39 is 30.4 Å². The number of thioether (sulfide) groups is 1. The van der Waals surface area contributed by atoms with Crippen molar-refractivity contribution in [3.05, 3.63) is 53.6 Å². The van der Waals surface area contributed by atoms with Crippen LogP contribution in [0.3, 0.4) is 0 Å². The fourth-order valence-electron chi connectivity index (χ4n) is 5.78. The molecule has 0 spiro atoms. The first-order valence-electron chi connectivity index (χ1n) is 14.8. The average Bonchev–Trinajstić information content (AvgIpc) is 2.92. The fraction of sp³-hybridized carbons (Fsp3) is 0.594. The number of aliphatic carboxylic acids is 1. The largest absolute Gasteiger partial charge is 0.508 e. The van der Waals surface area contributed by atoms with E-state index in [9.17, 15) is 42.1 Å². The van der Waals surface area contributed by atoms with Gasteiger partial charge in [-0.1, -0.05) is 69.6 Å². The Bertz CT molecular complexity index is 1120. The fourth-order valence-corrected chi connectivity index (χ4v) is 7.16. The number of hydrogen-bond donors (Lipinski definition) is 3. The number of halogens is 5. The summed E-state index contributed by atoms with van der Waals surface area (Å²) in [4.78, 5) is 12.7. The van der Waals surface area contributed by atoms with Gasteiger partial charge < -0.3 is 15.3 Å². The number of alkyl halides is 5. The van der Waals surface area contributed by atoms with Crippen LogP contribution in [-0.2, 0) is 4.79 Å². The molecule has 10 heteroatoms. The maximum Gasteiger partial charge on any atom is 0.453 e. The van der Waals surface area contributed by atoms with Crippen LogP contribution in [0.2, 0.25) is 0 Å². The van der Waals surface area contributed by atoms with E-state index in [2.05, 4.69) is 0 Å². The molecule has 0 saturated carbocycles. The van der Waals surface area contributed by atoms with Crippen molar-refractivity contribution < 1.29 is 42.1 Å². The molecule has 0 bridgehead atoms. The summed E-state index contributed by atoms with van der Waals surface area (Å²) in [5.41, 5.74) is 2.44. The van der Waals surface area contributed by atoms with Crippen LogP contribution in [0.15, 0.2) is 47.4 Å². The van der Waals surface area contributed by atoms with Gasteiger partial charge in [0, 0.05) is 23.0 Å². The molecular weight excluding hydrogens is 575 g/mol. The lowest BCUT2D eigenvalue weighted by atomic mass is 9.79. The highest BCUT2D eigenvalue weighted by molar-refractivity contribution is 7.99. The van der Waals surface area contributed by atoms with Crippen molar-refractivity contribution >= 4 is 17.7 Å². The van der Waals surface area contributed by atoms with E-state index in [1.165, 1.54) is 11.1 Å². The number of phenolic OH excluding ortho intramolecular Hbond substituents is 2. The molecule has 0 amide bonds. The van der Waals surface area contributed by atoms with E-state index >= 15 is 0 Å². The summed E-state index contributed by atoms with van der Waals surface area (Å²) in [6.07, 6.45) is 0.848. The average molecular weight is 617 g/mol. The first-order chi connectivity index (χ1) is 19.9. The molecule has 1 aliphatic heterocycles. The monoisotopic (exact) mass is 616 g/mol. The van der Waals surface area contributed by atoms with Crippen LogP contribution in [0.25, 0.3) is 0 Å². The van der Waals surface area contributed by atoms with Gasteiger partial charge in [-0.05, 0) is 67.0 Å². The molecule has 1 aliphatic rings. The van der Waals surface area contributed by atoms with Gasteiger partial charge in [0.15, 0.2) is 0 Å². The van der Waals surface area contributed by atoms with Gasteiger partial charge in [-0.15, -0.1) is 11.8 Å². The summed E-state index contributed by atoms with van der Waals surface area (Å²) in [6.45, 7) is 0. The molecule has 3 rings (SSSR count). The SMILES string of the molecule is O=C(O)C(CCCCCCCCC1c2ccc(O)cc2SCC1c1ccc(O)cc1)CCCCCC(F)(F)C(F)(F)F. The molecule has 2 aromatic carbocycles. The van der Waals surface area contributed by atoms with E-state index in [-0.39, 0.29) is 30.8 Å². The number of rotatable bonds is 17. The van der Waals surface area contributed by atoms with Crippen LogP contribution < -0.4 is 0 Å². The van der Waals surface area contributed by atoms with Crippen molar-refractivity contribution in [3.8, 4) is 11.5 Å². The minimum Gasteiger partial charge on any atom is -0.508 e. The second kappa shape index (κ2) is 15.8. The lowest BCUT2D eigenvalue weighted by molar-refractivity contribution is -0.284. The highest BCUT2D eigenvalue weighted by atomic mass is 32.2. The molecule has 0 aromatic heterocycles. The molecule has 3 atom stereocenters. The van der Waals surface area contributed by atoms with Gasteiger partial charge in [0.2, 0.25) is 0 Å². The van der Waals surface area contributed by atoms with Crippen molar-refractivity contribution in [2.24, 2.45) is 5.92 Å². The first-order valence-corrected chi connectivity index (χ1v) is 15.8. The third-order valence-corrected chi connectivity index (χ3v) is 9.44. The highest BCUT2D eigenvalue weighted by Crippen LogP contribution is 2.49. The lowest BCUT2D eigenvalue weighted by Gasteiger charge is -2.34. The smallest absolute Gasteiger partial charge is 0.453 e. The summed E-state index contributed by atoms with van der Waals surface area (Å²) >= 11 is 1.74. The highest BCUT2D eigenvalue weighted by Gasteiger charge is 2.56. The van der Waals surface area contributed by atoms with Crippen molar-refractivity contribution in [3.63, 3.8) is 0 Å². The predicted octanol–water partition coefficient (Wildman–Crippen LogP) is 10.0. The van der Waals surface area contributed by atoms with E-state index in [0.29, 0.717) is 24.7 Å². The molecule has 3 N–H and O–H groups in total. The Kier molecular flexibility index (Phi) is 12.8. The molecular formula is C32H41F5O4S. The molecule has 234 valence electrons. The summed E-state index contributed by atoms with van der Waals surface area (Å²) in [6, 6.07) is 13.0. The van der Waals surface area contributed by atoms with Crippen LogP contribution >= 0.6 is 11.8 Å². The summed E-state index contributed by atoms with van der Waals surface area (Å²) in [5, 5.41) is 29.1. The first kappa shape index (κ1) is 34.0. The Labute approximate surface area is 248 Å². The summed E-state index contributed by atoms with van der Waals surface area (Å²) < 4.78 is 62.7. The van der Waals surface area contributed by atoms with Gasteiger partial charge in [0.05, 0.1) is 5.92 Å². The Morgan fingerprint density at radius 1 is 0.810 bits per heavy atom. The quantitative estimate of drug-likeness (QED) is 0.122. The molecule has 3 unspecified atom stereocenters. The van der Waals surface area contributed by atoms with E-state index in [1.54, 1.807) is 30.0 Å². The van der Waals surface area contributed by atoms with Gasteiger partial charge in [0.25, 0.3) is 0 Å². The maximum absolute atomic E-state index is 13.0. The number of carboxylic acids is 1. The van der Waals surface area contributed by atoms with Crippen molar-refractivity contribution in [2.75, 3.05) is 5.75 Å². The number of carboxylic acid groups (broad SMARTS) is 1. The van der Waals surface area contributed by atoms with Gasteiger partial charge in [-0.25, -0.2) is 0 Å². The van der Waals surface area contributed by atoms with Crippen LogP contribution in [0.5, 0.6) is 11.5 Å². The number of unbranched alkanes of at least 4 members (excludes halogenated alkanes) is 7. The van der Waals surface area contributed by atoms with E-state index in [0.717, 1.165) is 55.6 Å². The van der Waals surface area contributed by atoms with Crippen molar-refractivity contribution in [1.29, 1.82) is 0 Å². The second-order valence-corrected chi connectivity index (χ2v) is 12.4. The predicted molar refractivity (Wildman–Crippen MR) is 155 cm³/mol. The summed E-state index contributed by atoms with van der Waals surface area (Å²) in [7, 11) is 0. The van der Waals surface area contributed by atoms with Gasteiger partial charge in [0.1, 0.15) is 11.5 Å². The topological polar surface area (TPSA) is 77.8 Å². The molecule has 42 heavy (non-hydrogen) atoms. The number of benzene rings is 2. The van der Waals surface area contributed by atoms with Crippen molar-refractivity contribution in [1.82, 2.24) is 0 Å². The zero-order valence-corrected chi connectivity index (χ0v) is 24.5. The maximum atomic E-state index is 13.0. The van der Waals surface area contributed by atoms with Crippen LogP contribution in [0, 0.1) is 5.92 Å². The van der Waals surface area contributed by atoms with Crippen LogP contribution in [0.1, 0.15) is 106 Å². The Morgan fingerprint density at radius 3 is 2.00 bits per heavy atom. The number of carbonyl (C=O) groups is 1. The second-order valence-electron chi connectivity index (χ2n) is 11.4. The zero-order chi connectivity index (χ0) is 30.8. The Morgan fingerprint density at radius 2 is 1.38 bits per heavy atom. The number of fused-ring (bicyclic) bond motifs is 1. The number of phenols is 2. The number of hydrogen-bond acceptors (Lipinski definition) is 4. The summed E-state index contributed by atoms with van der Waals surface area (Å²) in [5.74, 6) is -4.23. The number of aromatic hydroxyl groups is 2. The minimum absolute atomic E-state index is 0.147. The zero-order valence-electron chi connectivity index (χ0n) is 23.7. The normalized spacial score (nSPS) is 18.0. The van der Waals surface area contributed by atoms with Crippen LogP contribution in [-0.4, -0.2) is 39.1 Å². The third-order valence-electron chi connectivity index (χ3n) is 8.25. The lowest BCUT2D eigenvalue weighted by Crippen LogP contribution is -2.36. The van der Waals surface area contributed by atoms with E-state index in [4.69, 9.17) is 0 Å². The molecule has 0 fully saturated rings. The Hall–Kier alpha value is -2.49. The minimum atomic E-state index is -5.54. The van der Waals surface area contributed by atoms with Crippen molar-refractivity contribution in [2.45, 2.75) is 112 Å². The Balaban J connectivity index is 1.36. The molecule has 0 saturated heterocycles. The molecule has 0 radical (unpaired) electrons. The van der Waals surface area contributed by atoms with Gasteiger partial charge in [-0.2, -0.15) is 22.0 Å². The van der Waals surface area contributed by atoms with E-state index in [1.807, 2.05) is 24.3 Å². The standard InChI is InChI=1S/C32H41F5O4S/c33-31(34,32(35,36)37)19-9-5-7-11-23(30(40)41)10-6-3-1-2-4-8-12-26-27-18-17-25(39)20-29(27)42-21-28(26)22-13-15-24(38)16-14-22/h13-18,20,23,26,28,38-39H,1-12,19,21H2,(H,40,41). The van der Waals surface area contributed by atoms with Gasteiger partial charge in [-0.3, -0.25) is 4.79 Å². The molecule has 1 heterocycles. The van der Waals surface area contributed by atoms with Crippen LogP contribution in [0.4, 0.5) is 22.0 Å². The molecule has 4 nitrogen and oxygen atoms in total. The third kappa shape index (κ3) is 10.1. The molecule has 2 aromatic rings.